The van der Waals surface area contributed by atoms with E-state index in [1.165, 1.54) is 0 Å². The highest BCUT2D eigenvalue weighted by Gasteiger charge is 2.31. The molecule has 1 N–H and O–H groups in total. The van der Waals surface area contributed by atoms with Gasteiger partial charge in [0.05, 0.1) is 11.9 Å². The van der Waals surface area contributed by atoms with Crippen LogP contribution in [0.25, 0.3) is 0 Å². The fraction of sp³-hybridized carbons (Fsp3) is 0.286. The Labute approximate surface area is 177 Å². The summed E-state index contributed by atoms with van der Waals surface area (Å²) in [6, 6.07) is 10.8. The Balaban J connectivity index is 2.33. The van der Waals surface area contributed by atoms with Crippen molar-refractivity contribution in [3.05, 3.63) is 65.7 Å². The number of nitrogens with zero attached hydrogens (tertiary/aromatic N) is 1. The van der Waals surface area contributed by atoms with Gasteiger partial charge in [-0.2, -0.15) is 0 Å². The van der Waals surface area contributed by atoms with Crippen molar-refractivity contribution < 1.29 is 17.9 Å². The number of sulfonamides is 1. The van der Waals surface area contributed by atoms with E-state index in [0.29, 0.717) is 28.8 Å². The summed E-state index contributed by atoms with van der Waals surface area (Å²) in [5.41, 5.74) is 1.66. The molecule has 0 unspecified atom stereocenters. The first-order chi connectivity index (χ1) is 13.7. The molecule has 1 atom stereocenters. The molecule has 2 aromatic rings. The van der Waals surface area contributed by atoms with Gasteiger partial charge in [-0.3, -0.25) is 9.10 Å². The number of hydrogen-bond acceptors (Lipinski definition) is 4. The summed E-state index contributed by atoms with van der Waals surface area (Å²) in [4.78, 5) is 13.0. The Bertz CT molecular complexity index is 992. The summed E-state index contributed by atoms with van der Waals surface area (Å²) >= 11 is 6.18. The number of hydrogen-bond donors (Lipinski definition) is 1. The molecule has 6 nitrogen and oxygen atoms in total. The number of carbonyl (C=O) groups is 1. The van der Waals surface area contributed by atoms with Gasteiger partial charge in [0.1, 0.15) is 18.4 Å². The third-order valence-electron chi connectivity index (χ3n) is 4.21. The van der Waals surface area contributed by atoms with Gasteiger partial charge in [-0.1, -0.05) is 43.3 Å². The lowest BCUT2D eigenvalue weighted by Gasteiger charge is -2.30. The first-order valence-corrected chi connectivity index (χ1v) is 11.3. The van der Waals surface area contributed by atoms with Crippen LogP contribution in [-0.4, -0.2) is 33.2 Å². The van der Waals surface area contributed by atoms with Crippen LogP contribution in [0.4, 0.5) is 11.4 Å². The molecule has 0 radical (unpaired) electrons. The molecule has 0 spiro atoms. The molecule has 0 fully saturated rings. The maximum absolute atomic E-state index is 13.0. The van der Waals surface area contributed by atoms with Crippen LogP contribution in [-0.2, 0) is 14.8 Å². The van der Waals surface area contributed by atoms with Gasteiger partial charge in [0.25, 0.3) is 0 Å². The van der Waals surface area contributed by atoms with Gasteiger partial charge in [0.2, 0.25) is 15.9 Å². The minimum absolute atomic E-state index is 0.275. The third kappa shape index (κ3) is 5.98. The first-order valence-electron chi connectivity index (χ1n) is 9.07. The number of nitrogens with one attached hydrogen (secondary N) is 1. The molecule has 156 valence electrons. The molecule has 0 aliphatic carbocycles. The molecule has 0 saturated heterocycles. The lowest BCUT2D eigenvalue weighted by Crippen LogP contribution is -2.47. The van der Waals surface area contributed by atoms with E-state index in [-0.39, 0.29) is 6.42 Å². The van der Waals surface area contributed by atoms with Crippen molar-refractivity contribution in [2.24, 2.45) is 0 Å². The van der Waals surface area contributed by atoms with Crippen molar-refractivity contribution >= 4 is 38.9 Å². The summed E-state index contributed by atoms with van der Waals surface area (Å²) in [6.45, 7) is 7.51. The van der Waals surface area contributed by atoms with Crippen LogP contribution in [0.5, 0.6) is 5.75 Å². The van der Waals surface area contributed by atoms with Gasteiger partial charge in [-0.15, -0.1) is 0 Å². The van der Waals surface area contributed by atoms with Crippen LogP contribution in [0, 0.1) is 6.92 Å². The van der Waals surface area contributed by atoms with Gasteiger partial charge >= 0.3 is 0 Å². The van der Waals surface area contributed by atoms with Crippen LogP contribution in [0.2, 0.25) is 5.02 Å². The van der Waals surface area contributed by atoms with Crippen LogP contribution in [0.1, 0.15) is 18.9 Å². The smallest absolute Gasteiger partial charge is 0.248 e. The van der Waals surface area contributed by atoms with E-state index < -0.39 is 22.0 Å². The Hall–Kier alpha value is -2.51. The van der Waals surface area contributed by atoms with E-state index in [1.54, 1.807) is 55.5 Å². The minimum atomic E-state index is -3.74. The molecular formula is C21H25ClN2O4S. The molecule has 0 heterocycles. The van der Waals surface area contributed by atoms with Gasteiger partial charge in [-0.05, 0) is 43.2 Å². The molecular weight excluding hydrogens is 412 g/mol. The van der Waals surface area contributed by atoms with E-state index in [9.17, 15) is 13.2 Å². The zero-order chi connectivity index (χ0) is 21.6. The van der Waals surface area contributed by atoms with Gasteiger partial charge in [0.15, 0.2) is 0 Å². The molecule has 2 rings (SSSR count). The van der Waals surface area contributed by atoms with E-state index in [1.807, 2.05) is 6.92 Å². The van der Waals surface area contributed by atoms with E-state index >= 15 is 0 Å². The van der Waals surface area contributed by atoms with Crippen LogP contribution in [0.15, 0.2) is 55.1 Å². The zero-order valence-electron chi connectivity index (χ0n) is 16.7. The van der Waals surface area contributed by atoms with Crippen molar-refractivity contribution in [2.45, 2.75) is 26.3 Å². The topological polar surface area (TPSA) is 75.7 Å². The maximum atomic E-state index is 13.0. The number of halogens is 1. The number of aryl methyl sites for hydroxylation is 1. The van der Waals surface area contributed by atoms with Crippen molar-refractivity contribution in [1.29, 1.82) is 0 Å². The molecule has 29 heavy (non-hydrogen) atoms. The maximum Gasteiger partial charge on any atom is 0.248 e. The molecule has 2 aromatic carbocycles. The van der Waals surface area contributed by atoms with Crippen molar-refractivity contribution in [3.8, 4) is 5.75 Å². The highest BCUT2D eigenvalue weighted by Crippen LogP contribution is 2.28. The fourth-order valence-electron chi connectivity index (χ4n) is 2.82. The second-order valence-electron chi connectivity index (χ2n) is 6.53. The highest BCUT2D eigenvalue weighted by molar-refractivity contribution is 7.92. The van der Waals surface area contributed by atoms with Crippen LogP contribution < -0.4 is 14.4 Å². The van der Waals surface area contributed by atoms with Crippen molar-refractivity contribution in [1.82, 2.24) is 0 Å². The number of carbonyl (C=O) groups excluding carboxylic acids is 1. The van der Waals surface area contributed by atoms with E-state index in [0.717, 1.165) is 16.1 Å². The number of amides is 1. The van der Waals surface area contributed by atoms with Crippen molar-refractivity contribution in [2.75, 3.05) is 22.5 Å². The monoisotopic (exact) mass is 436 g/mol. The van der Waals surface area contributed by atoms with Crippen LogP contribution in [0.3, 0.4) is 0 Å². The second-order valence-corrected chi connectivity index (χ2v) is 8.80. The summed E-state index contributed by atoms with van der Waals surface area (Å²) in [7, 11) is -3.74. The molecule has 0 aliphatic heterocycles. The number of ether oxygens (including phenoxy) is 1. The minimum Gasteiger partial charge on any atom is -0.489 e. The number of anilines is 2. The van der Waals surface area contributed by atoms with Gasteiger partial charge in [0, 0.05) is 16.8 Å². The molecule has 0 saturated carbocycles. The molecule has 0 aliphatic rings. The summed E-state index contributed by atoms with van der Waals surface area (Å²) < 4.78 is 31.6. The number of rotatable bonds is 9. The molecule has 1 amide bonds. The van der Waals surface area contributed by atoms with Crippen LogP contribution >= 0.6 is 11.6 Å². The summed E-state index contributed by atoms with van der Waals surface area (Å²) in [5.74, 6) is 0.122. The first kappa shape index (κ1) is 22.8. The lowest BCUT2D eigenvalue weighted by atomic mass is 10.1. The molecule has 8 heteroatoms. The summed E-state index contributed by atoms with van der Waals surface area (Å²) in [6.07, 6.45) is 2.96. The average molecular weight is 437 g/mol. The molecule has 0 aromatic heterocycles. The SMILES string of the molecule is C=CCOc1cccc(NC(=O)[C@@H](CC)N(c2ccc(C)c(Cl)c2)S(C)(=O)=O)c1. The number of benzene rings is 2. The van der Waals surface area contributed by atoms with Gasteiger partial charge in [-0.25, -0.2) is 8.42 Å². The fourth-order valence-corrected chi connectivity index (χ4v) is 4.20. The standard InChI is InChI=1S/C21H25ClN2O4S/c1-5-12-28-18-9-7-8-16(13-18)23-21(25)20(6-2)24(29(4,26)27)17-11-10-15(3)19(22)14-17/h5,7-11,13-14,20H,1,6,12H2,2-4H3,(H,23,25)/t20-/m1/s1. The predicted molar refractivity (Wildman–Crippen MR) is 118 cm³/mol. The second kappa shape index (κ2) is 9.80. The predicted octanol–water partition coefficient (Wildman–Crippen LogP) is 4.40. The Morgan fingerprint density at radius 1 is 1.31 bits per heavy atom. The van der Waals surface area contributed by atoms with Crippen molar-refractivity contribution in [3.63, 3.8) is 0 Å². The molecule has 0 bridgehead atoms. The van der Waals surface area contributed by atoms with E-state index in [4.69, 9.17) is 16.3 Å². The average Bonchev–Trinajstić information content (AvgIpc) is 2.66. The Morgan fingerprint density at radius 2 is 2.03 bits per heavy atom. The Kier molecular flexibility index (Phi) is 7.70. The Morgan fingerprint density at radius 3 is 2.62 bits per heavy atom. The van der Waals surface area contributed by atoms with Gasteiger partial charge < -0.3 is 10.1 Å². The van der Waals surface area contributed by atoms with E-state index in [2.05, 4.69) is 11.9 Å². The quantitative estimate of drug-likeness (QED) is 0.591. The summed E-state index contributed by atoms with van der Waals surface area (Å²) in [5, 5.41) is 3.20. The zero-order valence-corrected chi connectivity index (χ0v) is 18.3. The largest absolute Gasteiger partial charge is 0.489 e. The highest BCUT2D eigenvalue weighted by atomic mass is 35.5. The third-order valence-corrected chi connectivity index (χ3v) is 5.80. The lowest BCUT2D eigenvalue weighted by molar-refractivity contribution is -0.117. The normalized spacial score (nSPS) is 12.1.